The van der Waals surface area contributed by atoms with Crippen LogP contribution in [0.3, 0.4) is 0 Å². The van der Waals surface area contributed by atoms with E-state index in [-0.39, 0.29) is 12.1 Å². The molecule has 2 aliphatic rings. The van der Waals surface area contributed by atoms with Crippen molar-refractivity contribution in [2.24, 2.45) is 0 Å². The molecule has 1 fully saturated rings. The second kappa shape index (κ2) is 4.62. The van der Waals surface area contributed by atoms with Crippen LogP contribution in [0.2, 0.25) is 0 Å². The second-order valence-electron chi connectivity index (χ2n) is 5.60. The van der Waals surface area contributed by atoms with Gasteiger partial charge in [0.2, 0.25) is 0 Å². The van der Waals surface area contributed by atoms with Gasteiger partial charge in [0.25, 0.3) is 0 Å². The predicted molar refractivity (Wildman–Crippen MR) is 77.0 cm³/mol. The van der Waals surface area contributed by atoms with Crippen molar-refractivity contribution in [3.05, 3.63) is 59.7 Å². The van der Waals surface area contributed by atoms with Crippen LogP contribution < -0.4 is 10.1 Å². The van der Waals surface area contributed by atoms with E-state index in [1.807, 2.05) is 36.4 Å². The first-order valence-electron chi connectivity index (χ1n) is 7.11. The standard InChI is InChI=1S/C17H17NO2/c19-12-9-11(10-12)18-17-13-5-1-3-7-15(13)20-16-8-4-2-6-14(16)17/h1-8,11-12,17-19H,9-10H2. The van der Waals surface area contributed by atoms with Crippen molar-refractivity contribution in [3.63, 3.8) is 0 Å². The highest BCUT2D eigenvalue weighted by Crippen LogP contribution is 2.43. The Bertz CT molecular complexity index is 589. The lowest BCUT2D eigenvalue weighted by Crippen LogP contribution is -2.46. The number of hydrogen-bond donors (Lipinski definition) is 2. The number of aliphatic hydroxyl groups is 1. The number of aliphatic hydroxyl groups excluding tert-OH is 1. The summed E-state index contributed by atoms with van der Waals surface area (Å²) in [7, 11) is 0. The monoisotopic (exact) mass is 267 g/mol. The lowest BCUT2D eigenvalue weighted by molar-refractivity contribution is 0.0591. The molecule has 4 rings (SSSR count). The SMILES string of the molecule is OC1CC(NC2c3ccccc3Oc3ccccc32)C1. The van der Waals surface area contributed by atoms with Crippen LogP contribution >= 0.6 is 0 Å². The fourth-order valence-corrected chi connectivity index (χ4v) is 3.05. The Labute approximate surface area is 118 Å². The van der Waals surface area contributed by atoms with Crippen molar-refractivity contribution in [2.45, 2.75) is 31.0 Å². The molecule has 0 unspecified atom stereocenters. The maximum absolute atomic E-state index is 9.47. The van der Waals surface area contributed by atoms with Gasteiger partial charge in [-0.2, -0.15) is 0 Å². The van der Waals surface area contributed by atoms with E-state index >= 15 is 0 Å². The van der Waals surface area contributed by atoms with Crippen molar-refractivity contribution >= 4 is 0 Å². The smallest absolute Gasteiger partial charge is 0.132 e. The van der Waals surface area contributed by atoms with E-state index in [1.165, 1.54) is 11.1 Å². The van der Waals surface area contributed by atoms with Gasteiger partial charge in [0.1, 0.15) is 11.5 Å². The molecule has 1 aliphatic carbocycles. The van der Waals surface area contributed by atoms with Gasteiger partial charge in [0.05, 0.1) is 12.1 Å². The molecule has 2 N–H and O–H groups in total. The predicted octanol–water partition coefficient (Wildman–Crippen LogP) is 2.99. The van der Waals surface area contributed by atoms with Gasteiger partial charge in [-0.15, -0.1) is 0 Å². The van der Waals surface area contributed by atoms with Crippen LogP contribution in [0, 0.1) is 0 Å². The molecule has 1 aliphatic heterocycles. The van der Waals surface area contributed by atoms with Gasteiger partial charge in [-0.25, -0.2) is 0 Å². The molecule has 3 nitrogen and oxygen atoms in total. The summed E-state index contributed by atoms with van der Waals surface area (Å²) in [5.74, 6) is 1.84. The van der Waals surface area contributed by atoms with E-state index < -0.39 is 0 Å². The van der Waals surface area contributed by atoms with Gasteiger partial charge in [0.15, 0.2) is 0 Å². The number of para-hydroxylation sites is 2. The van der Waals surface area contributed by atoms with Gasteiger partial charge < -0.3 is 15.2 Å². The summed E-state index contributed by atoms with van der Waals surface area (Å²) in [6.45, 7) is 0. The molecule has 0 spiro atoms. The zero-order valence-electron chi connectivity index (χ0n) is 11.1. The third kappa shape index (κ3) is 1.90. The molecule has 102 valence electrons. The number of rotatable bonds is 2. The largest absolute Gasteiger partial charge is 0.457 e. The molecular formula is C17H17NO2. The number of hydrogen-bond acceptors (Lipinski definition) is 3. The van der Waals surface area contributed by atoms with Gasteiger partial charge in [0, 0.05) is 17.2 Å². The zero-order chi connectivity index (χ0) is 13.5. The minimum atomic E-state index is -0.141. The minimum Gasteiger partial charge on any atom is -0.457 e. The number of benzene rings is 2. The number of ether oxygens (including phenoxy) is 1. The van der Waals surface area contributed by atoms with E-state index in [9.17, 15) is 5.11 Å². The zero-order valence-corrected chi connectivity index (χ0v) is 11.1. The first-order valence-corrected chi connectivity index (χ1v) is 7.11. The third-order valence-electron chi connectivity index (χ3n) is 4.20. The van der Waals surface area contributed by atoms with Crippen molar-refractivity contribution < 1.29 is 9.84 Å². The Balaban J connectivity index is 1.72. The molecule has 2 aromatic carbocycles. The lowest BCUT2D eigenvalue weighted by Gasteiger charge is -2.38. The van der Waals surface area contributed by atoms with E-state index in [0.29, 0.717) is 6.04 Å². The van der Waals surface area contributed by atoms with E-state index in [2.05, 4.69) is 17.4 Å². The summed E-state index contributed by atoms with van der Waals surface area (Å²) in [4.78, 5) is 0. The Kier molecular flexibility index (Phi) is 2.76. The fraction of sp³-hybridized carbons (Fsp3) is 0.294. The summed E-state index contributed by atoms with van der Waals surface area (Å²) in [5, 5.41) is 13.1. The first-order chi connectivity index (χ1) is 9.81. The highest BCUT2D eigenvalue weighted by atomic mass is 16.5. The summed E-state index contributed by atoms with van der Waals surface area (Å²) in [6.07, 6.45) is 1.53. The van der Waals surface area contributed by atoms with Crippen LogP contribution in [0.15, 0.2) is 48.5 Å². The molecule has 0 saturated heterocycles. The molecule has 0 atom stereocenters. The van der Waals surface area contributed by atoms with E-state index in [1.54, 1.807) is 0 Å². The van der Waals surface area contributed by atoms with Gasteiger partial charge in [-0.05, 0) is 25.0 Å². The molecule has 3 heteroatoms. The molecule has 0 aromatic heterocycles. The molecule has 1 heterocycles. The first kappa shape index (κ1) is 11.9. The average molecular weight is 267 g/mol. The van der Waals surface area contributed by atoms with Crippen LogP contribution in [0.5, 0.6) is 11.5 Å². The van der Waals surface area contributed by atoms with Crippen LogP contribution in [-0.2, 0) is 0 Å². The summed E-state index contributed by atoms with van der Waals surface area (Å²) in [6, 6.07) is 16.8. The van der Waals surface area contributed by atoms with Crippen molar-refractivity contribution in [2.75, 3.05) is 0 Å². The summed E-state index contributed by atoms with van der Waals surface area (Å²) >= 11 is 0. The van der Waals surface area contributed by atoms with E-state index in [4.69, 9.17) is 4.74 Å². The Morgan fingerprint density at radius 2 is 1.45 bits per heavy atom. The third-order valence-corrected chi connectivity index (χ3v) is 4.20. The Morgan fingerprint density at radius 1 is 0.900 bits per heavy atom. The maximum atomic E-state index is 9.47. The van der Waals surface area contributed by atoms with Crippen LogP contribution in [-0.4, -0.2) is 17.3 Å². The Hall–Kier alpha value is -1.84. The highest BCUT2D eigenvalue weighted by molar-refractivity contribution is 5.52. The highest BCUT2D eigenvalue weighted by Gasteiger charge is 2.33. The van der Waals surface area contributed by atoms with Crippen LogP contribution in [0.4, 0.5) is 0 Å². The van der Waals surface area contributed by atoms with Gasteiger partial charge in [-0.1, -0.05) is 36.4 Å². The number of nitrogens with one attached hydrogen (secondary N) is 1. The Morgan fingerprint density at radius 3 is 2.00 bits per heavy atom. The lowest BCUT2D eigenvalue weighted by atomic mass is 9.86. The van der Waals surface area contributed by atoms with Crippen LogP contribution in [0.25, 0.3) is 0 Å². The molecule has 20 heavy (non-hydrogen) atoms. The molecule has 0 radical (unpaired) electrons. The van der Waals surface area contributed by atoms with Crippen molar-refractivity contribution in [1.82, 2.24) is 5.32 Å². The topological polar surface area (TPSA) is 41.5 Å². The second-order valence-corrected chi connectivity index (χ2v) is 5.60. The maximum Gasteiger partial charge on any atom is 0.132 e. The summed E-state index contributed by atoms with van der Waals surface area (Å²) < 4.78 is 5.97. The molecule has 2 aromatic rings. The molecule has 0 amide bonds. The molecule has 1 saturated carbocycles. The van der Waals surface area contributed by atoms with E-state index in [0.717, 1.165) is 24.3 Å². The molecule has 0 bridgehead atoms. The minimum absolute atomic E-state index is 0.141. The fourth-order valence-electron chi connectivity index (χ4n) is 3.05. The van der Waals surface area contributed by atoms with Crippen LogP contribution in [0.1, 0.15) is 30.0 Å². The normalized spacial score (nSPS) is 24.2. The van der Waals surface area contributed by atoms with Crippen molar-refractivity contribution in [1.29, 1.82) is 0 Å². The van der Waals surface area contributed by atoms with Gasteiger partial charge in [-0.3, -0.25) is 0 Å². The molecular weight excluding hydrogens is 250 g/mol. The average Bonchev–Trinajstić information content (AvgIpc) is 2.45. The van der Waals surface area contributed by atoms with Gasteiger partial charge >= 0.3 is 0 Å². The summed E-state index contributed by atoms with van der Waals surface area (Å²) in [5.41, 5.74) is 2.35. The van der Waals surface area contributed by atoms with Crippen molar-refractivity contribution in [3.8, 4) is 11.5 Å². The quantitative estimate of drug-likeness (QED) is 0.879. The number of fused-ring (bicyclic) bond motifs is 2.